The van der Waals surface area contributed by atoms with Gasteiger partial charge in [0.25, 0.3) is 0 Å². The number of carbonyl (C=O) groups excluding carboxylic acids is 1. The van der Waals surface area contributed by atoms with Crippen molar-refractivity contribution in [1.82, 2.24) is 0 Å². The van der Waals surface area contributed by atoms with Crippen LogP contribution in [0.25, 0.3) is 0 Å². The average molecular weight is 425 g/mol. The van der Waals surface area contributed by atoms with Crippen LogP contribution in [-0.4, -0.2) is 17.7 Å². The van der Waals surface area contributed by atoms with Crippen LogP contribution in [0, 0.1) is 13.8 Å². The van der Waals surface area contributed by atoms with Crippen molar-refractivity contribution in [1.29, 1.82) is 0 Å². The molecule has 3 rings (SSSR count). The maximum Gasteiger partial charge on any atom is 0.341 e. The summed E-state index contributed by atoms with van der Waals surface area (Å²) in [6, 6.07) is 18.2. The Morgan fingerprint density at radius 3 is 2.38 bits per heavy atom. The highest BCUT2D eigenvalue weighted by Gasteiger charge is 2.18. The maximum absolute atomic E-state index is 12.4. The number of hydrogen-bond donors (Lipinski definition) is 2. The van der Waals surface area contributed by atoms with Gasteiger partial charge < -0.3 is 15.4 Å². The third kappa shape index (κ3) is 5.89. The number of benzene rings is 2. The number of thiocarbonyl (C=S) groups is 1. The Morgan fingerprint density at radius 2 is 1.72 bits per heavy atom. The lowest BCUT2D eigenvalue weighted by molar-refractivity contribution is 0.0528. The number of ether oxygens (including phenoxy) is 1. The van der Waals surface area contributed by atoms with E-state index >= 15 is 0 Å². The molecule has 0 bridgehead atoms. The molecule has 0 saturated heterocycles. The predicted molar refractivity (Wildman–Crippen MR) is 125 cm³/mol. The van der Waals surface area contributed by atoms with Gasteiger partial charge in [-0.1, -0.05) is 36.4 Å². The van der Waals surface area contributed by atoms with Gasteiger partial charge in [-0.3, -0.25) is 0 Å². The molecule has 0 aliphatic heterocycles. The van der Waals surface area contributed by atoms with E-state index in [0.717, 1.165) is 28.1 Å². The van der Waals surface area contributed by atoms with Crippen LogP contribution in [0.2, 0.25) is 0 Å². The van der Waals surface area contributed by atoms with Crippen molar-refractivity contribution in [3.05, 3.63) is 81.7 Å². The summed E-state index contributed by atoms with van der Waals surface area (Å²) >= 11 is 7.00. The molecule has 2 aromatic carbocycles. The summed E-state index contributed by atoms with van der Waals surface area (Å²) in [5, 5.41) is 7.52. The second-order valence-corrected chi connectivity index (χ2v) is 8.34. The zero-order chi connectivity index (χ0) is 20.8. The Labute approximate surface area is 180 Å². The SMILES string of the molecule is CCOC(=O)c1cc(Cc2ccccc2)sc1NC(=S)Nc1cc(C)cc(C)c1. The van der Waals surface area contributed by atoms with Crippen molar-refractivity contribution < 1.29 is 9.53 Å². The molecule has 0 aliphatic carbocycles. The molecule has 1 heterocycles. The second-order valence-electron chi connectivity index (χ2n) is 6.79. The summed E-state index contributed by atoms with van der Waals surface area (Å²) in [7, 11) is 0. The van der Waals surface area contributed by atoms with Crippen LogP contribution in [0.1, 0.15) is 38.8 Å². The number of nitrogens with one attached hydrogen (secondary N) is 2. The van der Waals surface area contributed by atoms with Crippen LogP contribution < -0.4 is 10.6 Å². The monoisotopic (exact) mass is 424 g/mol. The molecule has 0 amide bonds. The van der Waals surface area contributed by atoms with Crippen molar-refractivity contribution in [3.63, 3.8) is 0 Å². The Kier molecular flexibility index (Phi) is 7.01. The first kappa shape index (κ1) is 21.0. The standard InChI is InChI=1S/C23H24N2O2S2/c1-4-27-22(26)20-14-19(13-17-8-6-5-7-9-17)29-21(20)25-23(28)24-18-11-15(2)10-16(3)12-18/h5-12,14H,4,13H2,1-3H3,(H2,24,25,28). The van der Waals surface area contributed by atoms with E-state index in [9.17, 15) is 4.79 Å². The van der Waals surface area contributed by atoms with Crippen LogP contribution >= 0.6 is 23.6 Å². The van der Waals surface area contributed by atoms with Crippen molar-refractivity contribution in [2.75, 3.05) is 17.2 Å². The number of anilines is 2. The topological polar surface area (TPSA) is 50.4 Å². The third-order valence-corrected chi connectivity index (χ3v) is 5.46. The van der Waals surface area contributed by atoms with Gasteiger partial charge in [-0.15, -0.1) is 11.3 Å². The summed E-state index contributed by atoms with van der Waals surface area (Å²) in [6.45, 7) is 6.22. The number of esters is 1. The third-order valence-electron chi connectivity index (χ3n) is 4.21. The lowest BCUT2D eigenvalue weighted by Crippen LogP contribution is -2.20. The Bertz CT molecular complexity index is 993. The average Bonchev–Trinajstić information content (AvgIpc) is 3.04. The van der Waals surface area contributed by atoms with Gasteiger partial charge in [0.2, 0.25) is 0 Å². The van der Waals surface area contributed by atoms with Gasteiger partial charge in [0, 0.05) is 17.0 Å². The van der Waals surface area contributed by atoms with Gasteiger partial charge in [-0.05, 0) is 67.9 Å². The van der Waals surface area contributed by atoms with Gasteiger partial charge >= 0.3 is 5.97 Å². The molecular weight excluding hydrogens is 400 g/mol. The normalized spacial score (nSPS) is 10.4. The second kappa shape index (κ2) is 9.67. The number of rotatable bonds is 6. The molecule has 0 aliphatic rings. The van der Waals surface area contributed by atoms with Crippen molar-refractivity contribution in [2.45, 2.75) is 27.2 Å². The minimum atomic E-state index is -0.347. The van der Waals surface area contributed by atoms with Gasteiger partial charge in [-0.2, -0.15) is 0 Å². The fraction of sp³-hybridized carbons (Fsp3) is 0.217. The van der Waals surface area contributed by atoms with E-state index in [2.05, 4.69) is 28.8 Å². The zero-order valence-corrected chi connectivity index (χ0v) is 18.4. The fourth-order valence-electron chi connectivity index (χ4n) is 3.09. The van der Waals surface area contributed by atoms with Crippen LogP contribution in [0.4, 0.5) is 10.7 Å². The molecule has 6 heteroatoms. The predicted octanol–water partition coefficient (Wildman–Crippen LogP) is 5.94. The summed E-state index contributed by atoms with van der Waals surface area (Å²) in [6.07, 6.45) is 0.747. The summed E-state index contributed by atoms with van der Waals surface area (Å²) < 4.78 is 5.23. The molecule has 1 aromatic heterocycles. The Balaban J connectivity index is 1.80. The van der Waals surface area contributed by atoms with Crippen molar-refractivity contribution in [2.24, 2.45) is 0 Å². The van der Waals surface area contributed by atoms with E-state index in [1.165, 1.54) is 16.9 Å². The minimum absolute atomic E-state index is 0.327. The summed E-state index contributed by atoms with van der Waals surface area (Å²) in [4.78, 5) is 13.5. The van der Waals surface area contributed by atoms with Gasteiger partial charge in [-0.25, -0.2) is 4.79 Å². The van der Waals surface area contributed by atoms with Gasteiger partial charge in [0.1, 0.15) is 5.00 Å². The molecule has 29 heavy (non-hydrogen) atoms. The highest BCUT2D eigenvalue weighted by molar-refractivity contribution is 7.80. The number of carbonyl (C=O) groups is 1. The first-order valence-electron chi connectivity index (χ1n) is 9.44. The fourth-order valence-corrected chi connectivity index (χ4v) is 4.46. The molecule has 0 atom stereocenters. The molecule has 150 valence electrons. The highest BCUT2D eigenvalue weighted by atomic mass is 32.1. The molecule has 2 N–H and O–H groups in total. The van der Waals surface area contributed by atoms with Crippen molar-refractivity contribution in [3.8, 4) is 0 Å². The molecule has 0 spiro atoms. The van der Waals surface area contributed by atoms with Gasteiger partial charge in [0.15, 0.2) is 5.11 Å². The molecule has 3 aromatic rings. The Hall–Kier alpha value is -2.70. The number of hydrogen-bond acceptors (Lipinski definition) is 4. The number of aryl methyl sites for hydroxylation is 2. The number of thiophene rings is 1. The summed E-state index contributed by atoms with van der Waals surface area (Å²) in [5.41, 5.74) is 4.92. The van der Waals surface area contributed by atoms with Crippen LogP contribution in [0.3, 0.4) is 0 Å². The quantitative estimate of drug-likeness (QED) is 0.379. The Morgan fingerprint density at radius 1 is 1.03 bits per heavy atom. The van der Waals surface area contributed by atoms with E-state index in [0.29, 0.717) is 22.3 Å². The van der Waals surface area contributed by atoms with E-state index in [1.54, 1.807) is 6.92 Å². The van der Waals surface area contributed by atoms with Crippen LogP contribution in [-0.2, 0) is 11.2 Å². The van der Waals surface area contributed by atoms with Crippen LogP contribution in [0.15, 0.2) is 54.6 Å². The largest absolute Gasteiger partial charge is 0.462 e. The molecular formula is C23H24N2O2S2. The molecule has 0 fully saturated rings. The van der Waals surface area contributed by atoms with E-state index in [1.807, 2.05) is 50.2 Å². The minimum Gasteiger partial charge on any atom is -0.462 e. The van der Waals surface area contributed by atoms with E-state index in [4.69, 9.17) is 17.0 Å². The lowest BCUT2D eigenvalue weighted by atomic mass is 10.1. The van der Waals surface area contributed by atoms with E-state index < -0.39 is 0 Å². The molecule has 0 radical (unpaired) electrons. The summed E-state index contributed by atoms with van der Waals surface area (Å²) in [5.74, 6) is -0.347. The van der Waals surface area contributed by atoms with Gasteiger partial charge in [0.05, 0.1) is 12.2 Å². The van der Waals surface area contributed by atoms with Crippen LogP contribution in [0.5, 0.6) is 0 Å². The first-order valence-corrected chi connectivity index (χ1v) is 10.7. The zero-order valence-electron chi connectivity index (χ0n) is 16.7. The lowest BCUT2D eigenvalue weighted by Gasteiger charge is -2.12. The highest BCUT2D eigenvalue weighted by Crippen LogP contribution is 2.31. The molecule has 0 saturated carbocycles. The first-order chi connectivity index (χ1) is 13.9. The van der Waals surface area contributed by atoms with Crippen molar-refractivity contribution >= 4 is 45.3 Å². The van der Waals surface area contributed by atoms with E-state index in [-0.39, 0.29) is 5.97 Å². The maximum atomic E-state index is 12.4. The molecule has 4 nitrogen and oxygen atoms in total. The molecule has 0 unspecified atom stereocenters. The smallest absolute Gasteiger partial charge is 0.341 e.